The first-order valence-corrected chi connectivity index (χ1v) is 8.18. The van der Waals surface area contributed by atoms with Crippen molar-refractivity contribution in [3.05, 3.63) is 78.3 Å². The van der Waals surface area contributed by atoms with Crippen molar-refractivity contribution < 1.29 is 9.53 Å². The Hall–Kier alpha value is -3.47. The second kappa shape index (κ2) is 8.07. The molecule has 0 saturated heterocycles. The fourth-order valence-electron chi connectivity index (χ4n) is 2.49. The summed E-state index contributed by atoms with van der Waals surface area (Å²) >= 11 is 0. The number of nitrogens with one attached hydrogen (secondary N) is 1. The summed E-state index contributed by atoms with van der Waals surface area (Å²) in [5.41, 5.74) is 3.39. The highest BCUT2D eigenvalue weighted by atomic mass is 16.5. The molecule has 26 heavy (non-hydrogen) atoms. The summed E-state index contributed by atoms with van der Waals surface area (Å²) < 4.78 is 5.27. The third-order valence-electron chi connectivity index (χ3n) is 3.78. The summed E-state index contributed by atoms with van der Waals surface area (Å²) in [4.78, 5) is 20.6. The number of rotatable bonds is 5. The van der Waals surface area contributed by atoms with Crippen LogP contribution in [0.2, 0.25) is 0 Å². The lowest BCUT2D eigenvalue weighted by Crippen LogP contribution is -2.07. The predicted octanol–water partition coefficient (Wildman–Crippen LogP) is 4.11. The van der Waals surface area contributed by atoms with Gasteiger partial charge in [-0.1, -0.05) is 30.3 Å². The Morgan fingerprint density at radius 1 is 1.08 bits per heavy atom. The van der Waals surface area contributed by atoms with E-state index < -0.39 is 0 Å². The van der Waals surface area contributed by atoms with Crippen molar-refractivity contribution in [2.24, 2.45) is 0 Å². The number of amides is 1. The van der Waals surface area contributed by atoms with Gasteiger partial charge in [0.05, 0.1) is 12.8 Å². The van der Waals surface area contributed by atoms with E-state index in [-0.39, 0.29) is 5.91 Å². The molecule has 1 amide bonds. The number of aromatic nitrogens is 2. The number of carbonyl (C=O) groups is 1. The molecule has 0 saturated carbocycles. The molecule has 5 heteroatoms. The smallest absolute Gasteiger partial charge is 0.248 e. The highest BCUT2D eigenvalue weighted by Gasteiger charge is 2.03. The molecule has 1 N–H and O–H groups in total. The van der Waals surface area contributed by atoms with Gasteiger partial charge in [-0.15, -0.1) is 0 Å². The molecule has 0 unspecified atom stereocenters. The third-order valence-corrected chi connectivity index (χ3v) is 3.78. The number of methoxy groups -OCH3 is 1. The lowest BCUT2D eigenvalue weighted by Gasteiger charge is -2.06. The standard InChI is InChI=1S/C21H19N3O2/c1-15-22-14-13-19(23-15)16-7-10-18(11-8-16)24-21(25)12-9-17-5-3-4-6-20(17)26-2/h3-14H,1-2H3,(H,24,25). The highest BCUT2D eigenvalue weighted by Crippen LogP contribution is 2.20. The van der Waals surface area contributed by atoms with Crippen molar-refractivity contribution in [3.63, 3.8) is 0 Å². The van der Waals surface area contributed by atoms with Gasteiger partial charge in [0.15, 0.2) is 0 Å². The van der Waals surface area contributed by atoms with Gasteiger partial charge in [-0.05, 0) is 37.3 Å². The van der Waals surface area contributed by atoms with Gasteiger partial charge in [0.2, 0.25) is 5.91 Å². The maximum absolute atomic E-state index is 12.1. The van der Waals surface area contributed by atoms with Crippen LogP contribution in [0.25, 0.3) is 17.3 Å². The highest BCUT2D eigenvalue weighted by molar-refractivity contribution is 6.02. The summed E-state index contributed by atoms with van der Waals surface area (Å²) in [5, 5.41) is 2.84. The Labute approximate surface area is 152 Å². The zero-order chi connectivity index (χ0) is 18.4. The Morgan fingerprint density at radius 2 is 1.85 bits per heavy atom. The van der Waals surface area contributed by atoms with Gasteiger partial charge in [-0.25, -0.2) is 9.97 Å². The monoisotopic (exact) mass is 345 g/mol. The lowest BCUT2D eigenvalue weighted by molar-refractivity contribution is -0.111. The fraction of sp³-hybridized carbons (Fsp3) is 0.0952. The fourth-order valence-corrected chi connectivity index (χ4v) is 2.49. The molecule has 0 fully saturated rings. The molecule has 0 radical (unpaired) electrons. The molecule has 0 aliphatic rings. The Balaban J connectivity index is 1.67. The Kier molecular flexibility index (Phi) is 5.39. The maximum Gasteiger partial charge on any atom is 0.248 e. The lowest BCUT2D eigenvalue weighted by atomic mass is 10.1. The van der Waals surface area contributed by atoms with Crippen LogP contribution in [0.1, 0.15) is 11.4 Å². The van der Waals surface area contributed by atoms with Gasteiger partial charge in [0.1, 0.15) is 11.6 Å². The molecule has 3 rings (SSSR count). The Morgan fingerprint density at radius 3 is 2.58 bits per heavy atom. The first-order chi connectivity index (χ1) is 12.7. The number of hydrogen-bond acceptors (Lipinski definition) is 4. The second-order valence-electron chi connectivity index (χ2n) is 5.63. The quantitative estimate of drug-likeness (QED) is 0.707. The minimum atomic E-state index is -0.207. The zero-order valence-corrected chi connectivity index (χ0v) is 14.6. The number of hydrogen-bond donors (Lipinski definition) is 1. The molecule has 5 nitrogen and oxygen atoms in total. The van der Waals surface area contributed by atoms with Crippen LogP contribution in [0.15, 0.2) is 66.9 Å². The Bertz CT molecular complexity index is 934. The van der Waals surface area contributed by atoms with E-state index in [0.29, 0.717) is 5.69 Å². The van der Waals surface area contributed by atoms with Crippen LogP contribution >= 0.6 is 0 Å². The van der Waals surface area contributed by atoms with Crippen LogP contribution < -0.4 is 10.1 Å². The molecule has 0 atom stereocenters. The van der Waals surface area contributed by atoms with Crippen molar-refractivity contribution in [1.29, 1.82) is 0 Å². The SMILES string of the molecule is COc1ccccc1C=CC(=O)Nc1ccc(-c2ccnc(C)n2)cc1. The molecular weight excluding hydrogens is 326 g/mol. The van der Waals surface area contributed by atoms with Crippen LogP contribution in [-0.4, -0.2) is 23.0 Å². The topological polar surface area (TPSA) is 64.1 Å². The average molecular weight is 345 g/mol. The van der Waals surface area contributed by atoms with Crippen molar-refractivity contribution in [2.75, 3.05) is 12.4 Å². The molecule has 1 heterocycles. The first-order valence-electron chi connectivity index (χ1n) is 8.18. The van der Waals surface area contributed by atoms with Gasteiger partial charge < -0.3 is 10.1 Å². The van der Waals surface area contributed by atoms with Crippen molar-refractivity contribution in [3.8, 4) is 17.0 Å². The number of anilines is 1. The molecule has 0 aliphatic heterocycles. The maximum atomic E-state index is 12.1. The molecule has 130 valence electrons. The van der Waals surface area contributed by atoms with E-state index in [1.165, 1.54) is 6.08 Å². The average Bonchev–Trinajstić information content (AvgIpc) is 2.67. The van der Waals surface area contributed by atoms with Crippen molar-refractivity contribution >= 4 is 17.7 Å². The largest absolute Gasteiger partial charge is 0.496 e. The van der Waals surface area contributed by atoms with Gasteiger partial charge in [-0.3, -0.25) is 4.79 Å². The number of carbonyl (C=O) groups excluding carboxylic acids is 1. The van der Waals surface area contributed by atoms with Crippen LogP contribution in [0.3, 0.4) is 0 Å². The van der Waals surface area contributed by atoms with Crippen LogP contribution in [-0.2, 0) is 4.79 Å². The number of ether oxygens (including phenoxy) is 1. The molecule has 3 aromatic rings. The van der Waals surface area contributed by atoms with Gasteiger partial charge in [-0.2, -0.15) is 0 Å². The summed E-state index contributed by atoms with van der Waals surface area (Å²) in [5.74, 6) is 1.24. The molecule has 0 bridgehead atoms. The molecule has 1 aromatic heterocycles. The normalized spacial score (nSPS) is 10.7. The minimum Gasteiger partial charge on any atom is -0.496 e. The van der Waals surface area contributed by atoms with Gasteiger partial charge in [0, 0.05) is 29.1 Å². The van der Waals surface area contributed by atoms with E-state index in [4.69, 9.17) is 4.74 Å². The second-order valence-corrected chi connectivity index (χ2v) is 5.63. The summed E-state index contributed by atoms with van der Waals surface area (Å²) in [7, 11) is 1.60. The number of nitrogens with zero attached hydrogens (tertiary/aromatic N) is 2. The third kappa shape index (κ3) is 4.33. The van der Waals surface area contributed by atoms with Crippen LogP contribution in [0, 0.1) is 6.92 Å². The van der Waals surface area contributed by atoms with E-state index in [9.17, 15) is 4.79 Å². The van der Waals surface area contributed by atoms with E-state index in [1.54, 1.807) is 19.4 Å². The minimum absolute atomic E-state index is 0.207. The number of aryl methyl sites for hydroxylation is 1. The summed E-state index contributed by atoms with van der Waals surface area (Å²) in [6, 6.07) is 16.9. The van der Waals surface area contributed by atoms with Crippen molar-refractivity contribution in [2.45, 2.75) is 6.92 Å². The van der Waals surface area contributed by atoms with Crippen molar-refractivity contribution in [1.82, 2.24) is 9.97 Å². The number of para-hydroxylation sites is 1. The van der Waals surface area contributed by atoms with Crippen LogP contribution in [0.4, 0.5) is 5.69 Å². The zero-order valence-electron chi connectivity index (χ0n) is 14.6. The molecule has 2 aromatic carbocycles. The van der Waals surface area contributed by atoms with E-state index >= 15 is 0 Å². The van der Waals surface area contributed by atoms with Gasteiger partial charge in [0.25, 0.3) is 0 Å². The van der Waals surface area contributed by atoms with Crippen LogP contribution in [0.5, 0.6) is 5.75 Å². The van der Waals surface area contributed by atoms with E-state index in [1.807, 2.05) is 61.5 Å². The summed E-state index contributed by atoms with van der Waals surface area (Å²) in [6.07, 6.45) is 4.95. The van der Waals surface area contributed by atoms with Gasteiger partial charge >= 0.3 is 0 Å². The predicted molar refractivity (Wildman–Crippen MR) is 103 cm³/mol. The number of benzene rings is 2. The van der Waals surface area contributed by atoms with E-state index in [0.717, 1.165) is 28.4 Å². The molecular formula is C21H19N3O2. The molecule has 0 aliphatic carbocycles. The molecule has 0 spiro atoms. The first kappa shape index (κ1) is 17.4. The summed E-state index contributed by atoms with van der Waals surface area (Å²) in [6.45, 7) is 1.85. The van der Waals surface area contributed by atoms with E-state index in [2.05, 4.69) is 15.3 Å².